The second-order valence-electron chi connectivity index (χ2n) is 7.73. The Kier molecular flexibility index (Phi) is 7.36. The lowest BCUT2D eigenvalue weighted by molar-refractivity contribution is 0.0946. The number of benzene rings is 1. The summed E-state index contributed by atoms with van der Waals surface area (Å²) in [5, 5.41) is 15.6. The van der Waals surface area contributed by atoms with Gasteiger partial charge in [-0.1, -0.05) is 35.5 Å². The molecule has 5 rings (SSSR count). The minimum atomic E-state index is -0.232. The van der Waals surface area contributed by atoms with Crippen molar-refractivity contribution in [3.63, 3.8) is 0 Å². The fraction of sp³-hybridized carbons (Fsp3) is 0.120. The molecule has 4 heterocycles. The molecule has 0 aliphatic rings. The highest BCUT2D eigenvalue weighted by Gasteiger charge is 2.19. The van der Waals surface area contributed by atoms with Gasteiger partial charge < -0.3 is 5.32 Å². The van der Waals surface area contributed by atoms with E-state index in [1.807, 2.05) is 60.0 Å². The fourth-order valence-electron chi connectivity index (χ4n) is 3.46. The van der Waals surface area contributed by atoms with Gasteiger partial charge in [0.15, 0.2) is 11.0 Å². The van der Waals surface area contributed by atoms with Crippen molar-refractivity contribution in [1.82, 2.24) is 35.0 Å². The van der Waals surface area contributed by atoms with Gasteiger partial charge in [0.2, 0.25) is 0 Å². The van der Waals surface area contributed by atoms with Crippen molar-refractivity contribution >= 4 is 40.6 Å². The van der Waals surface area contributed by atoms with E-state index >= 15 is 0 Å². The molecule has 4 aromatic heterocycles. The number of thiazole rings is 1. The van der Waals surface area contributed by atoms with E-state index in [0.717, 1.165) is 27.5 Å². The number of hydrogen-bond acceptors (Lipinski definition) is 8. The van der Waals surface area contributed by atoms with E-state index in [1.54, 1.807) is 24.0 Å². The van der Waals surface area contributed by atoms with Crippen LogP contribution in [0.15, 0.2) is 77.7 Å². The summed E-state index contributed by atoms with van der Waals surface area (Å²) in [6, 6.07) is 15.1. The van der Waals surface area contributed by atoms with Crippen molar-refractivity contribution in [1.29, 1.82) is 0 Å². The molecular formula is C25H20ClN7OS2. The van der Waals surface area contributed by atoms with Gasteiger partial charge in [-0.15, -0.1) is 21.5 Å². The summed E-state index contributed by atoms with van der Waals surface area (Å²) < 4.78 is 1.98. The van der Waals surface area contributed by atoms with Gasteiger partial charge in [0.1, 0.15) is 10.7 Å². The first kappa shape index (κ1) is 24.1. The maximum absolute atomic E-state index is 12.5. The first-order chi connectivity index (χ1) is 17.6. The highest BCUT2D eigenvalue weighted by atomic mass is 35.5. The Bertz CT molecular complexity index is 1490. The van der Waals surface area contributed by atoms with Crippen LogP contribution in [0.2, 0.25) is 5.02 Å². The van der Waals surface area contributed by atoms with Crippen LogP contribution in [0.5, 0.6) is 0 Å². The number of aryl methyl sites for hydroxylation is 1. The van der Waals surface area contributed by atoms with E-state index in [-0.39, 0.29) is 5.91 Å². The predicted octanol–water partition coefficient (Wildman–Crippen LogP) is 5.36. The molecule has 0 atom stereocenters. The molecule has 36 heavy (non-hydrogen) atoms. The third-order valence-electron chi connectivity index (χ3n) is 5.23. The number of halogens is 1. The summed E-state index contributed by atoms with van der Waals surface area (Å²) in [6.45, 7) is 2.37. The lowest BCUT2D eigenvalue weighted by Gasteiger charge is -2.13. The zero-order valence-corrected chi connectivity index (χ0v) is 21.5. The van der Waals surface area contributed by atoms with E-state index in [4.69, 9.17) is 11.6 Å². The quantitative estimate of drug-likeness (QED) is 0.268. The second-order valence-corrected chi connectivity index (χ2v) is 10.1. The predicted molar refractivity (Wildman–Crippen MR) is 141 cm³/mol. The third-order valence-corrected chi connectivity index (χ3v) is 7.44. The Labute approximate surface area is 220 Å². The van der Waals surface area contributed by atoms with Crippen molar-refractivity contribution in [3.05, 3.63) is 99.5 Å². The molecular weight excluding hydrogens is 514 g/mol. The summed E-state index contributed by atoms with van der Waals surface area (Å²) in [5.41, 5.74) is 3.94. The Balaban J connectivity index is 1.35. The average Bonchev–Trinajstić information content (AvgIpc) is 3.56. The SMILES string of the molecule is Cc1ccc(Cl)cc1-n1c(SCc2nc(C(=O)NCc3ccccn3)cs2)nnc1-c1cccnc1. The second kappa shape index (κ2) is 11.0. The zero-order chi connectivity index (χ0) is 24.9. The van der Waals surface area contributed by atoms with Gasteiger partial charge in [-0.05, 0) is 48.9 Å². The minimum Gasteiger partial charge on any atom is -0.345 e. The minimum absolute atomic E-state index is 0.232. The van der Waals surface area contributed by atoms with Crippen LogP contribution in [0, 0.1) is 6.92 Å². The van der Waals surface area contributed by atoms with E-state index in [2.05, 4.69) is 30.5 Å². The number of carbonyl (C=O) groups excluding carboxylic acids is 1. The molecule has 0 aliphatic carbocycles. The number of aromatic nitrogens is 6. The van der Waals surface area contributed by atoms with Gasteiger partial charge in [0.05, 0.1) is 23.7 Å². The molecule has 1 amide bonds. The van der Waals surface area contributed by atoms with Crippen LogP contribution >= 0.6 is 34.7 Å². The van der Waals surface area contributed by atoms with E-state index < -0.39 is 0 Å². The molecule has 0 aliphatic heterocycles. The molecule has 180 valence electrons. The van der Waals surface area contributed by atoms with Crippen LogP contribution in [-0.4, -0.2) is 35.6 Å². The maximum Gasteiger partial charge on any atom is 0.271 e. The largest absolute Gasteiger partial charge is 0.345 e. The number of nitrogens with one attached hydrogen (secondary N) is 1. The van der Waals surface area contributed by atoms with Crippen molar-refractivity contribution in [3.8, 4) is 17.1 Å². The summed E-state index contributed by atoms with van der Waals surface area (Å²) >= 11 is 9.26. The Morgan fingerprint density at radius 3 is 2.86 bits per heavy atom. The average molecular weight is 534 g/mol. The first-order valence-corrected chi connectivity index (χ1v) is 13.2. The van der Waals surface area contributed by atoms with Gasteiger partial charge >= 0.3 is 0 Å². The van der Waals surface area contributed by atoms with Crippen LogP contribution in [0.3, 0.4) is 0 Å². The number of thioether (sulfide) groups is 1. The van der Waals surface area contributed by atoms with E-state index in [0.29, 0.717) is 34.0 Å². The Morgan fingerprint density at radius 1 is 1.14 bits per heavy atom. The highest BCUT2D eigenvalue weighted by molar-refractivity contribution is 7.98. The Morgan fingerprint density at radius 2 is 2.06 bits per heavy atom. The number of amides is 1. The van der Waals surface area contributed by atoms with Crippen molar-refractivity contribution in [2.75, 3.05) is 0 Å². The van der Waals surface area contributed by atoms with E-state index in [9.17, 15) is 4.79 Å². The molecule has 1 N–H and O–H groups in total. The topological polar surface area (TPSA) is 98.5 Å². The Hall–Kier alpha value is -3.60. The van der Waals surface area contributed by atoms with Gasteiger partial charge in [0, 0.05) is 34.6 Å². The van der Waals surface area contributed by atoms with Crippen LogP contribution in [0.1, 0.15) is 26.8 Å². The number of hydrogen-bond donors (Lipinski definition) is 1. The molecule has 8 nitrogen and oxygen atoms in total. The van der Waals surface area contributed by atoms with Crippen molar-refractivity contribution in [2.45, 2.75) is 24.4 Å². The molecule has 0 unspecified atom stereocenters. The molecule has 0 bridgehead atoms. The molecule has 0 radical (unpaired) electrons. The normalized spacial score (nSPS) is 10.9. The number of nitrogens with zero attached hydrogens (tertiary/aromatic N) is 6. The van der Waals surface area contributed by atoms with Crippen molar-refractivity contribution in [2.24, 2.45) is 0 Å². The fourth-order valence-corrected chi connectivity index (χ4v) is 5.36. The van der Waals surface area contributed by atoms with Crippen LogP contribution in [0.4, 0.5) is 0 Å². The van der Waals surface area contributed by atoms with E-state index in [1.165, 1.54) is 23.1 Å². The number of rotatable bonds is 8. The highest BCUT2D eigenvalue weighted by Crippen LogP contribution is 2.32. The summed E-state index contributed by atoms with van der Waals surface area (Å²) in [4.78, 5) is 25.5. The smallest absolute Gasteiger partial charge is 0.271 e. The zero-order valence-electron chi connectivity index (χ0n) is 19.1. The number of pyridine rings is 2. The standard InChI is InChI=1S/C25H20ClN7OS2/c1-16-7-8-18(26)11-21(16)33-23(17-5-4-9-27-12-17)31-32-25(33)36-15-22-30-20(14-35-22)24(34)29-13-19-6-2-3-10-28-19/h2-12,14H,13,15H2,1H3,(H,29,34). The lowest BCUT2D eigenvalue weighted by atomic mass is 10.2. The summed E-state index contributed by atoms with van der Waals surface area (Å²) in [6.07, 6.45) is 5.17. The van der Waals surface area contributed by atoms with Crippen LogP contribution in [0.25, 0.3) is 17.1 Å². The molecule has 0 saturated carbocycles. The third kappa shape index (κ3) is 5.46. The molecule has 11 heteroatoms. The lowest BCUT2D eigenvalue weighted by Crippen LogP contribution is -2.23. The monoisotopic (exact) mass is 533 g/mol. The van der Waals surface area contributed by atoms with Crippen LogP contribution in [-0.2, 0) is 12.3 Å². The molecule has 0 fully saturated rings. The van der Waals surface area contributed by atoms with Crippen LogP contribution < -0.4 is 5.32 Å². The van der Waals surface area contributed by atoms with Gasteiger partial charge in [-0.3, -0.25) is 19.3 Å². The van der Waals surface area contributed by atoms with Gasteiger partial charge in [0.25, 0.3) is 5.91 Å². The first-order valence-electron chi connectivity index (χ1n) is 11.0. The molecule has 5 aromatic rings. The van der Waals surface area contributed by atoms with Crippen molar-refractivity contribution < 1.29 is 4.79 Å². The van der Waals surface area contributed by atoms with Gasteiger partial charge in [-0.2, -0.15) is 0 Å². The maximum atomic E-state index is 12.5. The molecule has 0 saturated heterocycles. The number of carbonyl (C=O) groups is 1. The summed E-state index contributed by atoms with van der Waals surface area (Å²) in [7, 11) is 0. The molecule has 1 aromatic carbocycles. The summed E-state index contributed by atoms with van der Waals surface area (Å²) in [5.74, 6) is 0.970. The van der Waals surface area contributed by atoms with Gasteiger partial charge in [-0.25, -0.2) is 4.98 Å². The molecule has 0 spiro atoms.